The molecule has 0 aliphatic heterocycles. The minimum atomic E-state index is -1.23. The Labute approximate surface area is 127 Å². The zero-order valence-corrected chi connectivity index (χ0v) is 14.1. The third kappa shape index (κ3) is 8.52. The van der Waals surface area contributed by atoms with Gasteiger partial charge in [-0.1, -0.05) is 32.8 Å². The second kappa shape index (κ2) is 8.19. The standard InChI is InChI=1S/C14H27BN2O4/c1-14(2,3)8-9-15(20)21-11(13(19)17(6)7)10-12(18)16(4)5/h8-9,11,20H,10H2,1-7H3/b9-8+/t11-/m0/s1. The smallest absolute Gasteiger partial charge is 0.423 e. The molecule has 0 saturated heterocycles. The van der Waals surface area contributed by atoms with Crippen molar-refractivity contribution in [3.8, 4) is 0 Å². The molecular formula is C14H27BN2O4. The molecule has 21 heavy (non-hydrogen) atoms. The first-order valence-electron chi connectivity index (χ1n) is 6.88. The molecule has 0 unspecified atom stereocenters. The summed E-state index contributed by atoms with van der Waals surface area (Å²) in [4.78, 5) is 26.5. The highest BCUT2D eigenvalue weighted by molar-refractivity contribution is 6.49. The average Bonchev–Trinajstić information content (AvgIpc) is 2.33. The molecule has 0 fully saturated rings. The van der Waals surface area contributed by atoms with Crippen LogP contribution in [0.3, 0.4) is 0 Å². The summed E-state index contributed by atoms with van der Waals surface area (Å²) in [7, 11) is 5.14. The van der Waals surface area contributed by atoms with Crippen LogP contribution in [-0.4, -0.2) is 68.1 Å². The Morgan fingerprint density at radius 3 is 2.10 bits per heavy atom. The lowest BCUT2D eigenvalue weighted by Crippen LogP contribution is -2.42. The highest BCUT2D eigenvalue weighted by atomic mass is 16.5. The topological polar surface area (TPSA) is 70.1 Å². The van der Waals surface area contributed by atoms with Gasteiger partial charge in [0.25, 0.3) is 0 Å². The molecule has 0 aliphatic carbocycles. The van der Waals surface area contributed by atoms with Crippen LogP contribution in [0.4, 0.5) is 0 Å². The summed E-state index contributed by atoms with van der Waals surface area (Å²) in [6.45, 7) is 5.94. The maximum Gasteiger partial charge on any atom is 0.483 e. The molecule has 0 aromatic rings. The van der Waals surface area contributed by atoms with Crippen LogP contribution in [0.1, 0.15) is 27.2 Å². The number of likely N-dealkylation sites (N-methyl/N-ethyl adjacent to an activating group) is 1. The van der Waals surface area contributed by atoms with Crippen LogP contribution < -0.4 is 0 Å². The van der Waals surface area contributed by atoms with Crippen molar-refractivity contribution in [3.05, 3.63) is 12.1 Å². The monoisotopic (exact) mass is 298 g/mol. The number of nitrogens with zero attached hydrogens (tertiary/aromatic N) is 2. The quantitative estimate of drug-likeness (QED) is 0.727. The lowest BCUT2D eigenvalue weighted by Gasteiger charge is -2.23. The Bertz CT molecular complexity index is 389. The maximum atomic E-state index is 12.0. The highest BCUT2D eigenvalue weighted by Crippen LogP contribution is 2.15. The molecular weight excluding hydrogens is 271 g/mol. The van der Waals surface area contributed by atoms with E-state index in [1.165, 1.54) is 15.8 Å². The zero-order valence-electron chi connectivity index (χ0n) is 14.1. The van der Waals surface area contributed by atoms with Crippen LogP contribution in [0.15, 0.2) is 12.1 Å². The van der Waals surface area contributed by atoms with Gasteiger partial charge in [0.1, 0.15) is 6.10 Å². The van der Waals surface area contributed by atoms with E-state index in [1.807, 2.05) is 20.8 Å². The first-order chi connectivity index (χ1) is 9.44. The molecule has 0 radical (unpaired) electrons. The summed E-state index contributed by atoms with van der Waals surface area (Å²) < 4.78 is 5.32. The molecule has 0 aromatic carbocycles. The molecule has 0 aliphatic rings. The number of allylic oxidation sites excluding steroid dienone is 1. The normalized spacial score (nSPS) is 13.1. The fourth-order valence-electron chi connectivity index (χ4n) is 1.41. The van der Waals surface area contributed by atoms with Gasteiger partial charge in [0.15, 0.2) is 0 Å². The van der Waals surface area contributed by atoms with E-state index in [-0.39, 0.29) is 23.7 Å². The number of rotatable bonds is 6. The van der Waals surface area contributed by atoms with E-state index in [4.69, 9.17) is 4.65 Å². The van der Waals surface area contributed by atoms with Gasteiger partial charge < -0.3 is 19.5 Å². The van der Waals surface area contributed by atoms with Gasteiger partial charge in [0.2, 0.25) is 11.8 Å². The second-order valence-corrected chi connectivity index (χ2v) is 6.47. The van der Waals surface area contributed by atoms with E-state index >= 15 is 0 Å². The van der Waals surface area contributed by atoms with Gasteiger partial charge in [-0.05, 0) is 5.41 Å². The number of carbonyl (C=O) groups excluding carboxylic acids is 2. The summed E-state index contributed by atoms with van der Waals surface area (Å²) in [5, 5.41) is 9.86. The van der Waals surface area contributed by atoms with Crippen LogP contribution in [0.2, 0.25) is 0 Å². The number of amides is 2. The lowest BCUT2D eigenvalue weighted by atomic mass is 9.84. The van der Waals surface area contributed by atoms with E-state index in [0.29, 0.717) is 0 Å². The van der Waals surface area contributed by atoms with Crippen molar-refractivity contribution >= 4 is 18.9 Å². The van der Waals surface area contributed by atoms with Gasteiger partial charge in [-0.25, -0.2) is 0 Å². The Morgan fingerprint density at radius 1 is 1.19 bits per heavy atom. The van der Waals surface area contributed by atoms with E-state index in [1.54, 1.807) is 34.3 Å². The van der Waals surface area contributed by atoms with Crippen molar-refractivity contribution in [3.63, 3.8) is 0 Å². The molecule has 2 amide bonds. The summed E-state index contributed by atoms with van der Waals surface area (Å²) in [5.41, 5.74) is -0.106. The molecule has 0 aromatic heterocycles. The summed E-state index contributed by atoms with van der Waals surface area (Å²) in [6, 6.07) is 0. The second-order valence-electron chi connectivity index (χ2n) is 6.47. The van der Waals surface area contributed by atoms with Crippen molar-refractivity contribution < 1.29 is 19.3 Å². The van der Waals surface area contributed by atoms with Crippen molar-refractivity contribution in [1.82, 2.24) is 9.80 Å². The summed E-state index contributed by atoms with van der Waals surface area (Å²) in [5.74, 6) is 0.895. The first-order valence-corrected chi connectivity index (χ1v) is 6.88. The first kappa shape index (κ1) is 19.7. The Hall–Kier alpha value is -1.34. The predicted molar refractivity (Wildman–Crippen MR) is 83.4 cm³/mol. The van der Waals surface area contributed by atoms with Crippen molar-refractivity contribution in [2.45, 2.75) is 33.3 Å². The van der Waals surface area contributed by atoms with Gasteiger partial charge in [0, 0.05) is 28.2 Å². The van der Waals surface area contributed by atoms with Gasteiger partial charge in [0.05, 0.1) is 6.42 Å². The van der Waals surface area contributed by atoms with E-state index in [2.05, 4.69) is 0 Å². The fraction of sp³-hybridized carbons (Fsp3) is 0.714. The maximum absolute atomic E-state index is 12.0. The molecule has 0 heterocycles. The van der Waals surface area contributed by atoms with Gasteiger partial charge in [-0.3, -0.25) is 9.59 Å². The molecule has 7 heteroatoms. The largest absolute Gasteiger partial charge is 0.483 e. The third-order valence-electron chi connectivity index (χ3n) is 2.64. The molecule has 120 valence electrons. The van der Waals surface area contributed by atoms with E-state index in [0.717, 1.165) is 0 Å². The zero-order chi connectivity index (χ0) is 16.8. The Balaban J connectivity index is 4.86. The minimum Gasteiger partial charge on any atom is -0.423 e. The SMILES string of the molecule is CN(C)C(=O)C[C@H](OB(O)/C=C/C(C)(C)C)C(=O)N(C)C. The number of hydrogen-bond acceptors (Lipinski definition) is 4. The highest BCUT2D eigenvalue weighted by Gasteiger charge is 2.28. The predicted octanol–water partition coefficient (Wildman–Crippen LogP) is 0.560. The van der Waals surface area contributed by atoms with Crippen molar-refractivity contribution in [2.75, 3.05) is 28.2 Å². The molecule has 0 saturated carbocycles. The molecule has 0 bridgehead atoms. The molecule has 1 atom stereocenters. The molecule has 0 rings (SSSR count). The van der Waals surface area contributed by atoms with Crippen LogP contribution in [-0.2, 0) is 14.2 Å². The van der Waals surface area contributed by atoms with Gasteiger partial charge in [-0.2, -0.15) is 0 Å². The van der Waals surface area contributed by atoms with E-state index < -0.39 is 13.2 Å². The van der Waals surface area contributed by atoms with Crippen LogP contribution in [0.25, 0.3) is 0 Å². The van der Waals surface area contributed by atoms with E-state index in [9.17, 15) is 14.6 Å². The summed E-state index contributed by atoms with van der Waals surface area (Å²) >= 11 is 0. The Kier molecular flexibility index (Phi) is 7.67. The third-order valence-corrected chi connectivity index (χ3v) is 2.64. The van der Waals surface area contributed by atoms with Crippen molar-refractivity contribution in [1.29, 1.82) is 0 Å². The molecule has 1 N–H and O–H groups in total. The average molecular weight is 298 g/mol. The number of carbonyl (C=O) groups is 2. The fourth-order valence-corrected chi connectivity index (χ4v) is 1.41. The van der Waals surface area contributed by atoms with Crippen LogP contribution in [0, 0.1) is 5.41 Å². The van der Waals surface area contributed by atoms with Gasteiger partial charge >= 0.3 is 7.12 Å². The molecule has 6 nitrogen and oxygen atoms in total. The summed E-state index contributed by atoms with van der Waals surface area (Å²) in [6.07, 6.45) is 0.682. The van der Waals surface area contributed by atoms with Crippen molar-refractivity contribution in [2.24, 2.45) is 5.41 Å². The molecule has 0 spiro atoms. The van der Waals surface area contributed by atoms with Gasteiger partial charge in [-0.15, -0.1) is 0 Å². The van der Waals surface area contributed by atoms with Crippen LogP contribution in [0.5, 0.6) is 0 Å². The number of hydrogen-bond donors (Lipinski definition) is 1. The minimum absolute atomic E-state index is 0.106. The lowest BCUT2D eigenvalue weighted by molar-refractivity contribution is -0.142. The Morgan fingerprint density at radius 2 is 1.71 bits per heavy atom. The van der Waals surface area contributed by atoms with Crippen LogP contribution >= 0.6 is 0 Å².